The summed E-state index contributed by atoms with van der Waals surface area (Å²) in [5.41, 5.74) is 4.36. The fraction of sp³-hybridized carbons (Fsp3) is 0.222. The number of benzene rings is 3. The zero-order valence-electron chi connectivity index (χ0n) is 18.4. The molecule has 0 saturated carbocycles. The highest BCUT2D eigenvalue weighted by Gasteiger charge is 2.22. The molecule has 0 aliphatic carbocycles. The van der Waals surface area contributed by atoms with Crippen molar-refractivity contribution < 1.29 is 14.6 Å². The number of carboxylic acid groups (broad SMARTS) is 1. The third kappa shape index (κ3) is 4.53. The molecule has 0 aliphatic rings. The molecule has 0 spiro atoms. The number of fused-ring (bicyclic) bond motifs is 1. The number of hydrogen-bond acceptors (Lipinski definition) is 3. The van der Waals surface area contributed by atoms with Crippen LogP contribution in [0.2, 0.25) is 0 Å². The Balaban J connectivity index is 1.63. The van der Waals surface area contributed by atoms with Crippen LogP contribution in [0.4, 0.5) is 0 Å². The molecule has 164 valence electrons. The molecule has 1 aromatic heterocycles. The lowest BCUT2D eigenvalue weighted by molar-refractivity contribution is 0.0684. The SMILES string of the molecule is COc1ccc(Cn2c(C(=O)O)c(CNC[C@H](C)c3ccccc3)c3ccccc32)cc1. The van der Waals surface area contributed by atoms with E-state index in [0.29, 0.717) is 24.7 Å². The Kier molecular flexibility index (Phi) is 6.57. The molecular formula is C27H28N2O3. The minimum atomic E-state index is -0.914. The van der Waals surface area contributed by atoms with E-state index in [0.717, 1.165) is 34.3 Å². The lowest BCUT2D eigenvalue weighted by Crippen LogP contribution is -2.21. The van der Waals surface area contributed by atoms with Gasteiger partial charge in [-0.15, -0.1) is 0 Å². The Morgan fingerprint density at radius 2 is 1.69 bits per heavy atom. The van der Waals surface area contributed by atoms with Gasteiger partial charge in [-0.3, -0.25) is 0 Å². The summed E-state index contributed by atoms with van der Waals surface area (Å²) in [6, 6.07) is 26.0. The number of carbonyl (C=O) groups is 1. The summed E-state index contributed by atoms with van der Waals surface area (Å²) in [5.74, 6) is 0.196. The van der Waals surface area contributed by atoms with Crippen molar-refractivity contribution in [1.29, 1.82) is 0 Å². The number of methoxy groups -OCH3 is 1. The summed E-state index contributed by atoms with van der Waals surface area (Å²) in [5, 5.41) is 14.6. The van der Waals surface area contributed by atoms with Gasteiger partial charge in [-0.2, -0.15) is 0 Å². The summed E-state index contributed by atoms with van der Waals surface area (Å²) in [4.78, 5) is 12.4. The molecule has 3 aromatic carbocycles. The van der Waals surface area contributed by atoms with Gasteiger partial charge in [0.25, 0.3) is 0 Å². The lowest BCUT2D eigenvalue weighted by atomic mass is 10.0. The fourth-order valence-electron chi connectivity index (χ4n) is 4.19. The zero-order valence-corrected chi connectivity index (χ0v) is 18.4. The molecule has 0 radical (unpaired) electrons. The third-order valence-corrected chi connectivity index (χ3v) is 5.90. The van der Waals surface area contributed by atoms with Gasteiger partial charge in [-0.25, -0.2) is 4.79 Å². The molecule has 1 atom stereocenters. The maximum atomic E-state index is 12.4. The van der Waals surface area contributed by atoms with E-state index in [-0.39, 0.29) is 0 Å². The van der Waals surface area contributed by atoms with Crippen LogP contribution in [0, 0.1) is 0 Å². The topological polar surface area (TPSA) is 63.5 Å². The summed E-state index contributed by atoms with van der Waals surface area (Å²) in [6.45, 7) is 3.91. The number of para-hydroxylation sites is 1. The first kappa shape index (κ1) is 21.7. The molecule has 32 heavy (non-hydrogen) atoms. The third-order valence-electron chi connectivity index (χ3n) is 5.90. The second kappa shape index (κ2) is 9.71. The first-order valence-electron chi connectivity index (χ1n) is 10.8. The van der Waals surface area contributed by atoms with E-state index >= 15 is 0 Å². The predicted molar refractivity (Wildman–Crippen MR) is 128 cm³/mol. The second-order valence-electron chi connectivity index (χ2n) is 8.03. The highest BCUT2D eigenvalue weighted by atomic mass is 16.5. The minimum Gasteiger partial charge on any atom is -0.497 e. The van der Waals surface area contributed by atoms with Crippen LogP contribution in [-0.4, -0.2) is 29.3 Å². The van der Waals surface area contributed by atoms with Gasteiger partial charge in [0.1, 0.15) is 11.4 Å². The average molecular weight is 429 g/mol. The Hall–Kier alpha value is -3.57. The molecule has 0 fully saturated rings. The summed E-state index contributed by atoms with van der Waals surface area (Å²) in [7, 11) is 1.63. The molecule has 0 aliphatic heterocycles. The number of carboxylic acids is 1. The molecule has 2 N–H and O–H groups in total. The normalized spacial score (nSPS) is 12.1. The van der Waals surface area contributed by atoms with Gasteiger partial charge in [-0.1, -0.05) is 67.6 Å². The van der Waals surface area contributed by atoms with Crippen LogP contribution < -0.4 is 10.1 Å². The Bertz CT molecular complexity index is 1200. The number of ether oxygens (including phenoxy) is 1. The van der Waals surface area contributed by atoms with Crippen molar-refractivity contribution in [1.82, 2.24) is 9.88 Å². The standard InChI is InChI=1S/C27H28N2O3/c1-19(21-8-4-3-5-9-21)16-28-17-24-23-10-6-7-11-25(23)29(26(24)27(30)31)18-20-12-14-22(32-2)15-13-20/h3-15,19,28H,16-18H2,1-2H3,(H,30,31)/t19-/m0/s1. The molecule has 0 amide bonds. The van der Waals surface area contributed by atoms with E-state index in [1.165, 1.54) is 5.56 Å². The van der Waals surface area contributed by atoms with Crippen molar-refractivity contribution in [2.24, 2.45) is 0 Å². The van der Waals surface area contributed by atoms with Gasteiger partial charge in [0, 0.05) is 36.1 Å². The smallest absolute Gasteiger partial charge is 0.352 e. The average Bonchev–Trinajstić information content (AvgIpc) is 3.13. The molecular weight excluding hydrogens is 400 g/mol. The van der Waals surface area contributed by atoms with Crippen LogP contribution in [0.25, 0.3) is 10.9 Å². The summed E-state index contributed by atoms with van der Waals surface area (Å²) in [6.07, 6.45) is 0. The number of nitrogens with one attached hydrogen (secondary N) is 1. The van der Waals surface area contributed by atoms with E-state index in [4.69, 9.17) is 4.74 Å². The van der Waals surface area contributed by atoms with Gasteiger partial charge in [0.05, 0.1) is 7.11 Å². The molecule has 1 heterocycles. The van der Waals surface area contributed by atoms with Gasteiger partial charge < -0.3 is 19.7 Å². The number of nitrogens with zero attached hydrogens (tertiary/aromatic N) is 1. The van der Waals surface area contributed by atoms with Crippen LogP contribution in [0.15, 0.2) is 78.9 Å². The van der Waals surface area contributed by atoms with Gasteiger partial charge in [0.2, 0.25) is 0 Å². The summed E-state index contributed by atoms with van der Waals surface area (Å²) >= 11 is 0. The Labute approximate surface area is 188 Å². The number of aromatic carboxylic acids is 1. The first-order chi connectivity index (χ1) is 15.6. The summed E-state index contributed by atoms with van der Waals surface area (Å²) < 4.78 is 7.14. The van der Waals surface area contributed by atoms with Crippen molar-refractivity contribution in [3.63, 3.8) is 0 Å². The van der Waals surface area contributed by atoms with Crippen molar-refractivity contribution in [2.75, 3.05) is 13.7 Å². The minimum absolute atomic E-state index is 0.331. The predicted octanol–water partition coefficient (Wildman–Crippen LogP) is 5.29. The number of aromatic nitrogens is 1. The van der Waals surface area contributed by atoms with E-state index in [9.17, 15) is 9.90 Å². The fourth-order valence-corrected chi connectivity index (χ4v) is 4.19. The lowest BCUT2D eigenvalue weighted by Gasteiger charge is -2.14. The van der Waals surface area contributed by atoms with E-state index in [1.54, 1.807) is 7.11 Å². The monoisotopic (exact) mass is 428 g/mol. The maximum Gasteiger partial charge on any atom is 0.352 e. The zero-order chi connectivity index (χ0) is 22.5. The van der Waals surface area contributed by atoms with Gasteiger partial charge in [0.15, 0.2) is 0 Å². The van der Waals surface area contributed by atoms with Crippen LogP contribution in [0.1, 0.15) is 40.0 Å². The number of hydrogen-bond donors (Lipinski definition) is 2. The quantitative estimate of drug-likeness (QED) is 0.380. The second-order valence-corrected chi connectivity index (χ2v) is 8.03. The molecule has 5 heteroatoms. The molecule has 0 unspecified atom stereocenters. The van der Waals surface area contributed by atoms with Crippen molar-refractivity contribution in [3.8, 4) is 5.75 Å². The molecule has 4 rings (SSSR count). The number of rotatable bonds is 9. The van der Waals surface area contributed by atoms with Gasteiger partial charge >= 0.3 is 5.97 Å². The van der Waals surface area contributed by atoms with Crippen LogP contribution in [0.3, 0.4) is 0 Å². The molecule has 0 bridgehead atoms. The Morgan fingerprint density at radius 1 is 1.00 bits per heavy atom. The highest BCUT2D eigenvalue weighted by molar-refractivity contribution is 5.98. The maximum absolute atomic E-state index is 12.4. The van der Waals surface area contributed by atoms with Gasteiger partial charge in [-0.05, 0) is 35.2 Å². The van der Waals surface area contributed by atoms with Crippen LogP contribution in [0.5, 0.6) is 5.75 Å². The Morgan fingerprint density at radius 3 is 2.38 bits per heavy atom. The van der Waals surface area contributed by atoms with E-state index < -0.39 is 5.97 Å². The van der Waals surface area contributed by atoms with Crippen molar-refractivity contribution >= 4 is 16.9 Å². The molecule has 4 aromatic rings. The first-order valence-corrected chi connectivity index (χ1v) is 10.8. The van der Waals surface area contributed by atoms with Crippen molar-refractivity contribution in [3.05, 3.63) is 101 Å². The largest absolute Gasteiger partial charge is 0.497 e. The highest BCUT2D eigenvalue weighted by Crippen LogP contribution is 2.28. The van der Waals surface area contributed by atoms with Crippen molar-refractivity contribution in [2.45, 2.75) is 25.9 Å². The van der Waals surface area contributed by atoms with Crippen LogP contribution >= 0.6 is 0 Å². The van der Waals surface area contributed by atoms with E-state index in [1.807, 2.05) is 71.3 Å². The molecule has 5 nitrogen and oxygen atoms in total. The van der Waals surface area contributed by atoms with Crippen LogP contribution in [-0.2, 0) is 13.1 Å². The van der Waals surface area contributed by atoms with E-state index in [2.05, 4.69) is 24.4 Å². The molecule has 0 saturated heterocycles.